The van der Waals surface area contributed by atoms with Gasteiger partial charge in [0.25, 0.3) is 5.56 Å². The van der Waals surface area contributed by atoms with Crippen molar-refractivity contribution in [3.05, 3.63) is 33.1 Å². The Kier molecular flexibility index (Phi) is 3.30. The van der Waals surface area contributed by atoms with Gasteiger partial charge in [0.1, 0.15) is 12.2 Å². The normalized spacial score (nSPS) is 35.9. The maximum Gasteiger partial charge on any atom is 0.330 e. The summed E-state index contributed by atoms with van der Waals surface area (Å²) < 4.78 is 5.96. The zero-order chi connectivity index (χ0) is 13.5. The minimum Gasteiger partial charge on any atom is -0.392 e. The van der Waals surface area contributed by atoms with Crippen molar-refractivity contribution in [2.75, 3.05) is 6.61 Å². The largest absolute Gasteiger partial charge is 0.392 e. The second-order valence-electron chi connectivity index (χ2n) is 3.91. The molecule has 1 saturated heterocycles. The van der Waals surface area contributed by atoms with Crippen molar-refractivity contribution < 1.29 is 20.1 Å². The van der Waals surface area contributed by atoms with E-state index in [0.29, 0.717) is 0 Å². The number of aromatic amines is 1. The molecular formula is C9H11ClN2O6. The van der Waals surface area contributed by atoms with E-state index >= 15 is 0 Å². The Morgan fingerprint density at radius 2 is 2.17 bits per heavy atom. The zero-order valence-electron chi connectivity index (χ0n) is 8.99. The summed E-state index contributed by atoms with van der Waals surface area (Å²) in [6.07, 6.45) is -3.29. The van der Waals surface area contributed by atoms with E-state index < -0.39 is 41.4 Å². The Morgan fingerprint density at radius 1 is 1.50 bits per heavy atom. The predicted octanol–water partition coefficient (Wildman–Crippen LogP) is -2.29. The first kappa shape index (κ1) is 13.2. The van der Waals surface area contributed by atoms with Crippen LogP contribution in [0, 0.1) is 0 Å². The molecular weight excluding hydrogens is 268 g/mol. The molecule has 0 saturated carbocycles. The lowest BCUT2D eigenvalue weighted by Crippen LogP contribution is -2.41. The quantitative estimate of drug-likeness (QED) is 0.452. The highest BCUT2D eigenvalue weighted by atomic mass is 35.5. The lowest BCUT2D eigenvalue weighted by atomic mass is 10.1. The summed E-state index contributed by atoms with van der Waals surface area (Å²) in [6, 6.07) is 1.05. The van der Waals surface area contributed by atoms with Crippen molar-refractivity contribution in [1.82, 2.24) is 9.55 Å². The van der Waals surface area contributed by atoms with Crippen LogP contribution in [-0.4, -0.2) is 48.7 Å². The molecule has 1 aromatic rings. The van der Waals surface area contributed by atoms with Crippen LogP contribution < -0.4 is 11.2 Å². The van der Waals surface area contributed by atoms with E-state index in [1.54, 1.807) is 0 Å². The van der Waals surface area contributed by atoms with E-state index in [1.165, 1.54) is 0 Å². The van der Waals surface area contributed by atoms with Crippen molar-refractivity contribution in [2.24, 2.45) is 0 Å². The van der Waals surface area contributed by atoms with Gasteiger partial charge in [0.2, 0.25) is 0 Å². The third kappa shape index (κ3) is 1.98. The van der Waals surface area contributed by atoms with Gasteiger partial charge >= 0.3 is 5.69 Å². The molecule has 0 unspecified atom stereocenters. The SMILES string of the molecule is O=c1ccn([C@@H]2O[C@](Cl)(CO)[C@@H](O)[C@H]2O)c(=O)[nH]1. The van der Waals surface area contributed by atoms with Gasteiger partial charge in [-0.3, -0.25) is 14.3 Å². The van der Waals surface area contributed by atoms with Crippen LogP contribution >= 0.6 is 11.6 Å². The summed E-state index contributed by atoms with van der Waals surface area (Å²) in [6.45, 7) is -0.749. The van der Waals surface area contributed by atoms with E-state index in [1.807, 2.05) is 4.98 Å². The monoisotopic (exact) mass is 278 g/mol. The molecule has 0 radical (unpaired) electrons. The third-order valence-electron chi connectivity index (χ3n) is 2.71. The number of aromatic nitrogens is 2. The first-order valence-electron chi connectivity index (χ1n) is 5.04. The van der Waals surface area contributed by atoms with Gasteiger partial charge < -0.3 is 20.1 Å². The Balaban J connectivity index is 2.41. The van der Waals surface area contributed by atoms with E-state index in [9.17, 15) is 19.8 Å². The number of H-pyrrole nitrogens is 1. The summed E-state index contributed by atoms with van der Waals surface area (Å²) in [4.78, 5) is 24.4. The fraction of sp³-hybridized carbons (Fsp3) is 0.556. The molecule has 8 nitrogen and oxygen atoms in total. The number of halogens is 1. The van der Waals surface area contributed by atoms with E-state index in [4.69, 9.17) is 21.4 Å². The molecule has 100 valence electrons. The highest BCUT2D eigenvalue weighted by Gasteiger charge is 2.54. The van der Waals surface area contributed by atoms with Gasteiger partial charge in [-0.1, -0.05) is 11.6 Å². The number of alkyl halides is 1. The van der Waals surface area contributed by atoms with Gasteiger partial charge in [-0.25, -0.2) is 4.79 Å². The summed E-state index contributed by atoms with van der Waals surface area (Å²) >= 11 is 5.76. The lowest BCUT2D eigenvalue weighted by molar-refractivity contribution is -0.0787. The smallest absolute Gasteiger partial charge is 0.330 e. The first-order valence-corrected chi connectivity index (χ1v) is 5.42. The summed E-state index contributed by atoms with van der Waals surface area (Å²) in [5.74, 6) is 0. The second kappa shape index (κ2) is 4.48. The fourth-order valence-electron chi connectivity index (χ4n) is 1.73. The number of aliphatic hydroxyl groups is 3. The van der Waals surface area contributed by atoms with Gasteiger partial charge in [0.05, 0.1) is 6.61 Å². The molecule has 0 aliphatic carbocycles. The third-order valence-corrected chi connectivity index (χ3v) is 3.15. The Bertz CT molecular complexity index is 556. The molecule has 1 aliphatic heterocycles. The van der Waals surface area contributed by atoms with Crippen LogP contribution in [0.15, 0.2) is 21.9 Å². The fourth-order valence-corrected chi connectivity index (χ4v) is 1.95. The van der Waals surface area contributed by atoms with Crippen molar-refractivity contribution in [1.29, 1.82) is 0 Å². The maximum atomic E-state index is 11.5. The van der Waals surface area contributed by atoms with Gasteiger partial charge in [0.15, 0.2) is 11.3 Å². The molecule has 1 aliphatic rings. The average molecular weight is 279 g/mol. The number of hydrogen-bond acceptors (Lipinski definition) is 6. The van der Waals surface area contributed by atoms with E-state index in [0.717, 1.165) is 16.8 Å². The van der Waals surface area contributed by atoms with Crippen LogP contribution in [-0.2, 0) is 4.74 Å². The predicted molar refractivity (Wildman–Crippen MR) is 59.1 cm³/mol. The van der Waals surface area contributed by atoms with E-state index in [-0.39, 0.29) is 0 Å². The molecule has 4 N–H and O–H groups in total. The molecule has 1 aromatic heterocycles. The molecule has 0 amide bonds. The van der Waals surface area contributed by atoms with Crippen molar-refractivity contribution >= 4 is 11.6 Å². The minimum absolute atomic E-state index is 0.608. The summed E-state index contributed by atoms with van der Waals surface area (Å²) in [5, 5.41) is 26.5. The van der Waals surface area contributed by atoms with Crippen molar-refractivity contribution in [2.45, 2.75) is 23.5 Å². The highest BCUT2D eigenvalue weighted by Crippen LogP contribution is 2.38. The zero-order valence-corrected chi connectivity index (χ0v) is 9.74. The molecule has 4 atom stereocenters. The van der Waals surface area contributed by atoms with Gasteiger partial charge in [0, 0.05) is 12.3 Å². The Morgan fingerprint density at radius 3 is 2.67 bits per heavy atom. The van der Waals surface area contributed by atoms with Crippen molar-refractivity contribution in [3.63, 3.8) is 0 Å². The summed E-state index contributed by atoms with van der Waals surface area (Å²) in [7, 11) is 0. The number of nitrogens with zero attached hydrogens (tertiary/aromatic N) is 1. The molecule has 18 heavy (non-hydrogen) atoms. The lowest BCUT2D eigenvalue weighted by Gasteiger charge is -2.21. The molecule has 0 spiro atoms. The highest BCUT2D eigenvalue weighted by molar-refractivity contribution is 6.23. The first-order chi connectivity index (χ1) is 8.39. The number of rotatable bonds is 2. The summed E-state index contributed by atoms with van der Waals surface area (Å²) in [5.41, 5.74) is -1.43. The standard InChI is InChI=1S/C9H11ClN2O6/c10-9(3-13)6(16)5(15)7(18-9)12-2-1-4(14)11-8(12)17/h1-2,5-7,13,15-16H,3H2,(H,11,14,17)/t5-,6+,7-,9-/m1/s1. The van der Waals surface area contributed by atoms with Crippen LogP contribution in [0.2, 0.25) is 0 Å². The average Bonchev–Trinajstić information content (AvgIpc) is 2.55. The molecule has 9 heteroatoms. The topological polar surface area (TPSA) is 125 Å². The Hall–Kier alpha value is -1.19. The second-order valence-corrected chi connectivity index (χ2v) is 4.55. The maximum absolute atomic E-state index is 11.5. The van der Waals surface area contributed by atoms with Crippen LogP contribution in [0.5, 0.6) is 0 Å². The number of ether oxygens (including phenoxy) is 1. The number of nitrogens with one attached hydrogen (secondary N) is 1. The van der Waals surface area contributed by atoms with Crippen molar-refractivity contribution in [3.8, 4) is 0 Å². The Labute approximate surface area is 105 Å². The molecule has 2 heterocycles. The van der Waals surface area contributed by atoms with Crippen LogP contribution in [0.1, 0.15) is 6.23 Å². The molecule has 0 bridgehead atoms. The van der Waals surface area contributed by atoms with Gasteiger partial charge in [-0.05, 0) is 0 Å². The van der Waals surface area contributed by atoms with Crippen LogP contribution in [0.3, 0.4) is 0 Å². The minimum atomic E-state index is -1.89. The van der Waals surface area contributed by atoms with Crippen LogP contribution in [0.25, 0.3) is 0 Å². The number of aliphatic hydroxyl groups excluding tert-OH is 3. The molecule has 0 aromatic carbocycles. The number of hydrogen-bond donors (Lipinski definition) is 4. The van der Waals surface area contributed by atoms with Crippen LogP contribution in [0.4, 0.5) is 0 Å². The van der Waals surface area contributed by atoms with Gasteiger partial charge in [-0.15, -0.1) is 0 Å². The van der Waals surface area contributed by atoms with Gasteiger partial charge in [-0.2, -0.15) is 0 Å². The molecule has 1 fully saturated rings. The van der Waals surface area contributed by atoms with E-state index in [2.05, 4.69) is 0 Å². The molecule has 2 rings (SSSR count).